The number of rotatable bonds is 14. The lowest BCUT2D eigenvalue weighted by Gasteiger charge is -2.23. The molecular weight excluding hydrogens is 266 g/mol. The molecule has 0 aliphatic heterocycles. The van der Waals surface area contributed by atoms with E-state index in [1.165, 1.54) is 83.6 Å². The Balaban J connectivity index is 0. The SMILES string of the molecule is C=CCCCCCCCCCCCCC[N+](C)(C)C.[Cl-]. The van der Waals surface area contributed by atoms with Gasteiger partial charge in [0.1, 0.15) is 0 Å². The first kappa shape index (κ1) is 22.3. The third-order valence-electron chi connectivity index (χ3n) is 3.74. The maximum Gasteiger partial charge on any atom is 0.0780 e. The van der Waals surface area contributed by atoms with Crippen molar-refractivity contribution in [3.63, 3.8) is 0 Å². The van der Waals surface area contributed by atoms with Gasteiger partial charge in [0.05, 0.1) is 27.7 Å². The van der Waals surface area contributed by atoms with Crippen molar-refractivity contribution in [3.8, 4) is 0 Å². The van der Waals surface area contributed by atoms with Gasteiger partial charge in [-0.3, -0.25) is 0 Å². The zero-order chi connectivity index (χ0) is 14.4. The second-order valence-corrected chi connectivity index (χ2v) is 6.98. The zero-order valence-electron chi connectivity index (χ0n) is 14.3. The summed E-state index contributed by atoms with van der Waals surface area (Å²) in [6, 6.07) is 0. The number of quaternary nitrogens is 1. The van der Waals surface area contributed by atoms with Gasteiger partial charge in [-0.25, -0.2) is 0 Å². The van der Waals surface area contributed by atoms with E-state index < -0.39 is 0 Å². The maximum absolute atomic E-state index is 3.76. The van der Waals surface area contributed by atoms with Crippen molar-refractivity contribution in [2.45, 2.75) is 77.0 Å². The molecule has 20 heavy (non-hydrogen) atoms. The van der Waals surface area contributed by atoms with Crippen LogP contribution < -0.4 is 12.4 Å². The van der Waals surface area contributed by atoms with E-state index in [2.05, 4.69) is 27.7 Å². The fraction of sp³-hybridized carbons (Fsp3) is 0.889. The molecule has 0 radical (unpaired) electrons. The molecule has 0 N–H and O–H groups in total. The van der Waals surface area contributed by atoms with Gasteiger partial charge in [-0.15, -0.1) is 6.58 Å². The van der Waals surface area contributed by atoms with Crippen LogP contribution >= 0.6 is 0 Å². The molecular formula is C18H38ClN. The quantitative estimate of drug-likeness (QED) is 0.263. The molecule has 0 aliphatic carbocycles. The Hall–Kier alpha value is -0.0100. The highest BCUT2D eigenvalue weighted by Crippen LogP contribution is 2.12. The summed E-state index contributed by atoms with van der Waals surface area (Å²) in [4.78, 5) is 0. The van der Waals surface area contributed by atoms with Crippen LogP contribution in [-0.4, -0.2) is 32.2 Å². The number of unbranched alkanes of at least 4 members (excludes halogenated alkanes) is 11. The van der Waals surface area contributed by atoms with Crippen LogP contribution in [0.25, 0.3) is 0 Å². The van der Waals surface area contributed by atoms with E-state index >= 15 is 0 Å². The summed E-state index contributed by atoms with van der Waals surface area (Å²) in [6.07, 6.45) is 18.9. The number of nitrogens with zero attached hydrogens (tertiary/aromatic N) is 1. The van der Waals surface area contributed by atoms with E-state index in [9.17, 15) is 0 Å². The second kappa shape index (κ2) is 15.4. The lowest BCUT2D eigenvalue weighted by atomic mass is 10.1. The van der Waals surface area contributed by atoms with Crippen LogP contribution in [0, 0.1) is 0 Å². The molecule has 0 aliphatic rings. The molecule has 0 spiro atoms. The zero-order valence-corrected chi connectivity index (χ0v) is 15.1. The Bertz CT molecular complexity index is 196. The summed E-state index contributed by atoms with van der Waals surface area (Å²) in [5.41, 5.74) is 0. The third kappa shape index (κ3) is 20.3. The van der Waals surface area contributed by atoms with Gasteiger partial charge in [0.2, 0.25) is 0 Å². The molecule has 0 heterocycles. The minimum atomic E-state index is 0. The normalized spacial score (nSPS) is 11.2. The van der Waals surface area contributed by atoms with E-state index in [4.69, 9.17) is 0 Å². The first-order chi connectivity index (χ1) is 9.06. The highest BCUT2D eigenvalue weighted by atomic mass is 35.5. The van der Waals surface area contributed by atoms with Gasteiger partial charge >= 0.3 is 0 Å². The standard InChI is InChI=1S/C18H38N.ClH/c1-5-6-7-8-9-10-11-12-13-14-15-16-17-18-19(2,3)4;/h5H,1,6-18H2,2-4H3;1H/q+1;/p-1. The molecule has 0 saturated heterocycles. The number of halogens is 1. The minimum absolute atomic E-state index is 0. The van der Waals surface area contributed by atoms with Crippen LogP contribution in [-0.2, 0) is 0 Å². The third-order valence-corrected chi connectivity index (χ3v) is 3.74. The van der Waals surface area contributed by atoms with E-state index in [0.29, 0.717) is 0 Å². The number of allylic oxidation sites excluding steroid dienone is 1. The van der Waals surface area contributed by atoms with Crippen molar-refractivity contribution >= 4 is 0 Å². The minimum Gasteiger partial charge on any atom is -1.00 e. The van der Waals surface area contributed by atoms with Gasteiger partial charge < -0.3 is 16.9 Å². The highest BCUT2D eigenvalue weighted by Gasteiger charge is 2.04. The largest absolute Gasteiger partial charge is 1.00 e. The first-order valence-electron chi connectivity index (χ1n) is 8.47. The molecule has 0 unspecified atom stereocenters. The van der Waals surface area contributed by atoms with Gasteiger partial charge in [-0.05, 0) is 25.7 Å². The van der Waals surface area contributed by atoms with Crippen molar-refractivity contribution < 1.29 is 16.9 Å². The van der Waals surface area contributed by atoms with Gasteiger partial charge in [-0.1, -0.05) is 57.4 Å². The van der Waals surface area contributed by atoms with Crippen LogP contribution in [0.5, 0.6) is 0 Å². The molecule has 0 bridgehead atoms. The van der Waals surface area contributed by atoms with Gasteiger partial charge in [-0.2, -0.15) is 0 Å². The fourth-order valence-electron chi connectivity index (χ4n) is 2.47. The first-order valence-corrected chi connectivity index (χ1v) is 8.47. The van der Waals surface area contributed by atoms with Crippen LogP contribution in [0.3, 0.4) is 0 Å². The average Bonchev–Trinajstić information content (AvgIpc) is 2.34. The molecule has 1 nitrogen and oxygen atoms in total. The Labute approximate surface area is 134 Å². The van der Waals surface area contributed by atoms with E-state index in [1.54, 1.807) is 0 Å². The summed E-state index contributed by atoms with van der Waals surface area (Å²) in [5, 5.41) is 0. The van der Waals surface area contributed by atoms with E-state index in [-0.39, 0.29) is 12.4 Å². The number of hydrogen-bond donors (Lipinski definition) is 0. The molecule has 0 atom stereocenters. The van der Waals surface area contributed by atoms with Crippen LogP contribution in [0.15, 0.2) is 12.7 Å². The summed E-state index contributed by atoms with van der Waals surface area (Å²) in [6.45, 7) is 5.09. The maximum atomic E-state index is 3.76. The monoisotopic (exact) mass is 303 g/mol. The van der Waals surface area contributed by atoms with Crippen LogP contribution in [0.2, 0.25) is 0 Å². The van der Waals surface area contributed by atoms with E-state index in [1.807, 2.05) is 6.08 Å². The summed E-state index contributed by atoms with van der Waals surface area (Å²) in [7, 11) is 6.86. The Kier molecular flexibility index (Phi) is 17.1. The average molecular weight is 304 g/mol. The van der Waals surface area contributed by atoms with Gasteiger partial charge in [0, 0.05) is 0 Å². The van der Waals surface area contributed by atoms with Crippen molar-refractivity contribution in [1.29, 1.82) is 0 Å². The Morgan fingerprint density at radius 2 is 1.00 bits per heavy atom. The molecule has 122 valence electrons. The smallest absolute Gasteiger partial charge is 0.0780 e. The fourth-order valence-corrected chi connectivity index (χ4v) is 2.47. The molecule has 2 heteroatoms. The molecule has 0 rings (SSSR count). The molecule has 0 aromatic rings. The number of hydrogen-bond acceptors (Lipinski definition) is 0. The summed E-state index contributed by atoms with van der Waals surface area (Å²) in [5.74, 6) is 0. The lowest BCUT2D eigenvalue weighted by molar-refractivity contribution is -0.870. The van der Waals surface area contributed by atoms with E-state index in [0.717, 1.165) is 4.48 Å². The lowest BCUT2D eigenvalue weighted by Crippen LogP contribution is -3.00. The molecule has 0 aromatic carbocycles. The molecule has 0 saturated carbocycles. The Morgan fingerprint density at radius 3 is 1.35 bits per heavy atom. The predicted octanol–water partition coefficient (Wildman–Crippen LogP) is 2.56. The topological polar surface area (TPSA) is 0 Å². The van der Waals surface area contributed by atoms with Gasteiger partial charge in [0.25, 0.3) is 0 Å². The highest BCUT2D eigenvalue weighted by molar-refractivity contribution is 4.65. The molecule has 0 amide bonds. The van der Waals surface area contributed by atoms with Crippen molar-refractivity contribution in [2.24, 2.45) is 0 Å². The predicted molar refractivity (Wildman–Crippen MR) is 88.5 cm³/mol. The van der Waals surface area contributed by atoms with Crippen LogP contribution in [0.1, 0.15) is 77.0 Å². The Morgan fingerprint density at radius 1 is 0.650 bits per heavy atom. The van der Waals surface area contributed by atoms with Crippen molar-refractivity contribution in [1.82, 2.24) is 0 Å². The van der Waals surface area contributed by atoms with Gasteiger partial charge in [0.15, 0.2) is 0 Å². The second-order valence-electron chi connectivity index (χ2n) is 6.98. The van der Waals surface area contributed by atoms with Crippen molar-refractivity contribution in [3.05, 3.63) is 12.7 Å². The van der Waals surface area contributed by atoms with Crippen LogP contribution in [0.4, 0.5) is 0 Å². The molecule has 0 fully saturated rings. The molecule has 0 aromatic heterocycles. The van der Waals surface area contributed by atoms with Crippen molar-refractivity contribution in [2.75, 3.05) is 27.7 Å². The summed E-state index contributed by atoms with van der Waals surface area (Å²) >= 11 is 0. The summed E-state index contributed by atoms with van der Waals surface area (Å²) < 4.78 is 1.12.